The van der Waals surface area contributed by atoms with Crippen molar-refractivity contribution in [3.63, 3.8) is 0 Å². The van der Waals surface area contributed by atoms with Crippen molar-refractivity contribution in [2.75, 3.05) is 0 Å². The van der Waals surface area contributed by atoms with E-state index < -0.39 is 21.0 Å². The lowest BCUT2D eigenvalue weighted by Gasteiger charge is -2.13. The molecule has 0 radical (unpaired) electrons. The summed E-state index contributed by atoms with van der Waals surface area (Å²) in [6.45, 7) is 1.67. The lowest BCUT2D eigenvalue weighted by molar-refractivity contribution is -0.384. The summed E-state index contributed by atoms with van der Waals surface area (Å²) in [5.74, 6) is 0. The molecule has 1 aromatic carbocycles. The number of hydrogen-bond donors (Lipinski definition) is 1. The molecule has 1 unspecified atom stereocenters. The van der Waals surface area contributed by atoms with Gasteiger partial charge in [0.1, 0.15) is 0 Å². The molecule has 7 nitrogen and oxygen atoms in total. The van der Waals surface area contributed by atoms with Crippen LogP contribution >= 0.6 is 0 Å². The molecule has 0 amide bonds. The Kier molecular flexibility index (Phi) is 4.29. The van der Waals surface area contributed by atoms with E-state index in [0.29, 0.717) is 5.69 Å². The third kappa shape index (κ3) is 3.61. The van der Waals surface area contributed by atoms with Crippen LogP contribution in [0, 0.1) is 10.1 Å². The Morgan fingerprint density at radius 1 is 1.19 bits per heavy atom. The highest BCUT2D eigenvalue weighted by atomic mass is 32.2. The maximum atomic E-state index is 12.2. The molecular weight excluding hydrogens is 294 g/mol. The number of pyridine rings is 1. The molecule has 0 spiro atoms. The molecule has 0 saturated heterocycles. The molecule has 1 N–H and O–H groups in total. The lowest BCUT2D eigenvalue weighted by Crippen LogP contribution is -2.27. The van der Waals surface area contributed by atoms with Gasteiger partial charge >= 0.3 is 0 Å². The van der Waals surface area contributed by atoms with Crippen molar-refractivity contribution in [3.05, 3.63) is 64.5 Å². The number of nitro benzene ring substituents is 1. The van der Waals surface area contributed by atoms with Gasteiger partial charge in [0, 0.05) is 18.3 Å². The van der Waals surface area contributed by atoms with Crippen LogP contribution in [0.5, 0.6) is 0 Å². The number of sulfonamides is 1. The summed E-state index contributed by atoms with van der Waals surface area (Å²) < 4.78 is 26.9. The summed E-state index contributed by atoms with van der Waals surface area (Å²) in [6, 6.07) is 9.41. The fourth-order valence-corrected chi connectivity index (χ4v) is 2.96. The zero-order valence-corrected chi connectivity index (χ0v) is 11.9. The molecule has 2 aromatic rings. The zero-order valence-electron chi connectivity index (χ0n) is 11.1. The van der Waals surface area contributed by atoms with Gasteiger partial charge in [0.2, 0.25) is 10.0 Å². The molecule has 8 heteroatoms. The molecule has 2 rings (SSSR count). The second-order valence-electron chi connectivity index (χ2n) is 4.35. The van der Waals surface area contributed by atoms with Gasteiger partial charge in [0.25, 0.3) is 5.69 Å². The second-order valence-corrected chi connectivity index (χ2v) is 6.06. The number of nitrogens with zero attached hydrogens (tertiary/aromatic N) is 2. The molecule has 0 aliphatic rings. The Morgan fingerprint density at radius 3 is 2.38 bits per heavy atom. The van der Waals surface area contributed by atoms with Crippen LogP contribution in [0.1, 0.15) is 18.7 Å². The predicted octanol–water partition coefficient (Wildman–Crippen LogP) is 2.03. The number of aromatic nitrogens is 1. The number of rotatable bonds is 5. The Hall–Kier alpha value is -2.32. The molecule has 21 heavy (non-hydrogen) atoms. The monoisotopic (exact) mass is 307 g/mol. The Bertz CT molecular complexity index is 730. The van der Waals surface area contributed by atoms with Gasteiger partial charge in [-0.3, -0.25) is 15.1 Å². The van der Waals surface area contributed by atoms with Gasteiger partial charge in [0.15, 0.2) is 0 Å². The van der Waals surface area contributed by atoms with E-state index in [0.717, 1.165) is 12.1 Å². The van der Waals surface area contributed by atoms with Crippen LogP contribution in [-0.4, -0.2) is 18.3 Å². The maximum absolute atomic E-state index is 12.2. The van der Waals surface area contributed by atoms with Crippen LogP contribution in [0.25, 0.3) is 0 Å². The van der Waals surface area contributed by atoms with Gasteiger partial charge in [0.05, 0.1) is 21.6 Å². The Balaban J connectivity index is 2.20. The van der Waals surface area contributed by atoms with Crippen LogP contribution in [-0.2, 0) is 10.0 Å². The van der Waals surface area contributed by atoms with Gasteiger partial charge in [-0.1, -0.05) is 6.07 Å². The standard InChI is InChI=1S/C13H13N3O4S/c1-10(13-4-2-3-9-14-13)15-21(19,20)12-7-5-11(6-8-12)16(17)18/h2-10,15H,1H3. The van der Waals surface area contributed by atoms with Crippen molar-refractivity contribution in [2.24, 2.45) is 0 Å². The van der Waals surface area contributed by atoms with E-state index in [-0.39, 0.29) is 10.6 Å². The molecule has 0 aliphatic heterocycles. The van der Waals surface area contributed by atoms with E-state index in [2.05, 4.69) is 9.71 Å². The summed E-state index contributed by atoms with van der Waals surface area (Å²) in [7, 11) is -3.76. The van der Waals surface area contributed by atoms with Gasteiger partial charge < -0.3 is 0 Å². The van der Waals surface area contributed by atoms with Gasteiger partial charge in [-0.25, -0.2) is 13.1 Å². The van der Waals surface area contributed by atoms with Gasteiger partial charge in [-0.15, -0.1) is 0 Å². The van der Waals surface area contributed by atoms with E-state index in [9.17, 15) is 18.5 Å². The highest BCUT2D eigenvalue weighted by Gasteiger charge is 2.19. The molecule has 0 bridgehead atoms. The number of benzene rings is 1. The largest absolute Gasteiger partial charge is 0.269 e. The quantitative estimate of drug-likeness (QED) is 0.672. The normalized spacial score (nSPS) is 12.8. The first-order valence-corrected chi connectivity index (χ1v) is 7.56. The summed E-state index contributed by atoms with van der Waals surface area (Å²) in [5.41, 5.74) is 0.426. The van der Waals surface area contributed by atoms with Crippen LogP contribution in [0.2, 0.25) is 0 Å². The predicted molar refractivity (Wildman–Crippen MR) is 76.1 cm³/mol. The fourth-order valence-electron chi connectivity index (χ4n) is 1.74. The maximum Gasteiger partial charge on any atom is 0.269 e. The van der Waals surface area contributed by atoms with E-state index in [1.54, 1.807) is 31.3 Å². The van der Waals surface area contributed by atoms with Crippen molar-refractivity contribution >= 4 is 15.7 Å². The first kappa shape index (κ1) is 15.1. The molecule has 0 aliphatic carbocycles. The zero-order chi connectivity index (χ0) is 15.5. The van der Waals surface area contributed by atoms with Crippen molar-refractivity contribution in [2.45, 2.75) is 17.9 Å². The van der Waals surface area contributed by atoms with Gasteiger partial charge in [-0.2, -0.15) is 0 Å². The smallest absolute Gasteiger partial charge is 0.260 e. The first-order chi connectivity index (χ1) is 9.90. The summed E-state index contributed by atoms with van der Waals surface area (Å²) >= 11 is 0. The highest BCUT2D eigenvalue weighted by Crippen LogP contribution is 2.18. The Labute approximate surface area is 121 Å². The van der Waals surface area contributed by atoms with Crippen molar-refractivity contribution < 1.29 is 13.3 Å². The van der Waals surface area contributed by atoms with Crippen LogP contribution in [0.15, 0.2) is 53.6 Å². The minimum Gasteiger partial charge on any atom is -0.260 e. The number of hydrogen-bond acceptors (Lipinski definition) is 5. The average Bonchev–Trinajstić information content (AvgIpc) is 2.48. The molecular formula is C13H13N3O4S. The molecule has 1 atom stereocenters. The minimum absolute atomic E-state index is 0.0316. The molecule has 1 heterocycles. The molecule has 0 saturated carbocycles. The lowest BCUT2D eigenvalue weighted by atomic mass is 10.2. The summed E-state index contributed by atoms with van der Waals surface area (Å²) in [6.07, 6.45) is 1.58. The second kappa shape index (κ2) is 5.98. The molecule has 110 valence electrons. The van der Waals surface area contributed by atoms with E-state index in [4.69, 9.17) is 0 Å². The minimum atomic E-state index is -3.76. The number of nitrogens with one attached hydrogen (secondary N) is 1. The SMILES string of the molecule is CC(NS(=O)(=O)c1ccc([N+](=O)[O-])cc1)c1ccccn1. The third-order valence-electron chi connectivity index (χ3n) is 2.82. The fraction of sp³-hybridized carbons (Fsp3) is 0.154. The van der Waals surface area contributed by atoms with Crippen LogP contribution in [0.3, 0.4) is 0 Å². The number of non-ortho nitro benzene ring substituents is 1. The van der Waals surface area contributed by atoms with Crippen LogP contribution in [0.4, 0.5) is 5.69 Å². The molecule has 1 aromatic heterocycles. The van der Waals surface area contributed by atoms with Crippen molar-refractivity contribution in [3.8, 4) is 0 Å². The van der Waals surface area contributed by atoms with Crippen molar-refractivity contribution in [1.82, 2.24) is 9.71 Å². The Morgan fingerprint density at radius 2 is 1.86 bits per heavy atom. The third-order valence-corrected chi connectivity index (χ3v) is 4.38. The highest BCUT2D eigenvalue weighted by molar-refractivity contribution is 7.89. The summed E-state index contributed by atoms with van der Waals surface area (Å²) in [4.78, 5) is 14.0. The van der Waals surface area contributed by atoms with Gasteiger partial charge in [-0.05, 0) is 31.2 Å². The topological polar surface area (TPSA) is 102 Å². The van der Waals surface area contributed by atoms with E-state index >= 15 is 0 Å². The van der Waals surface area contributed by atoms with E-state index in [1.165, 1.54) is 12.1 Å². The van der Waals surface area contributed by atoms with Crippen molar-refractivity contribution in [1.29, 1.82) is 0 Å². The number of nitro groups is 1. The first-order valence-electron chi connectivity index (χ1n) is 6.08. The van der Waals surface area contributed by atoms with E-state index in [1.807, 2.05) is 0 Å². The molecule has 0 fully saturated rings. The average molecular weight is 307 g/mol. The van der Waals surface area contributed by atoms with Crippen LogP contribution < -0.4 is 4.72 Å². The summed E-state index contributed by atoms with van der Waals surface area (Å²) in [5, 5.41) is 10.6.